The van der Waals surface area contributed by atoms with Crippen molar-refractivity contribution < 1.29 is 5.11 Å². The summed E-state index contributed by atoms with van der Waals surface area (Å²) in [6.45, 7) is 14.4. The Labute approximate surface area is 154 Å². The zero-order valence-corrected chi connectivity index (χ0v) is 17.1. The smallest absolute Gasteiger partial charge is 0.0713 e. The first kappa shape index (κ1) is 21.7. The maximum Gasteiger partial charge on any atom is 0.0713 e. The molecule has 0 aliphatic carbocycles. The first-order valence-corrected chi connectivity index (χ1v) is 9.51. The summed E-state index contributed by atoms with van der Waals surface area (Å²) in [4.78, 5) is 0. The van der Waals surface area contributed by atoms with Gasteiger partial charge < -0.3 is 10.8 Å². The minimum absolute atomic E-state index is 0. The summed E-state index contributed by atoms with van der Waals surface area (Å²) in [5.41, 5.74) is 5.96. The van der Waals surface area contributed by atoms with Crippen LogP contribution >= 0.6 is 0 Å². The summed E-state index contributed by atoms with van der Waals surface area (Å²) in [7, 11) is 0. The van der Waals surface area contributed by atoms with Crippen molar-refractivity contribution in [3.8, 4) is 0 Å². The number of hydrogen-bond donors (Lipinski definition) is 2. The lowest BCUT2D eigenvalue weighted by molar-refractivity contribution is -0.0221. The molecule has 0 aliphatic heterocycles. The Morgan fingerprint density at radius 3 is 1.96 bits per heavy atom. The number of benzene rings is 2. The van der Waals surface area contributed by atoms with E-state index in [1.807, 2.05) is 27.7 Å². The van der Waals surface area contributed by atoms with Crippen molar-refractivity contribution >= 4 is 10.8 Å². The summed E-state index contributed by atoms with van der Waals surface area (Å²) in [6, 6.07) is 14.9. The van der Waals surface area contributed by atoms with Gasteiger partial charge in [0.2, 0.25) is 0 Å². The normalized spacial score (nSPS) is 16.5. The molecule has 2 aromatic rings. The van der Waals surface area contributed by atoms with Gasteiger partial charge in [-0.05, 0) is 56.4 Å². The first-order chi connectivity index (χ1) is 11.5. The summed E-state index contributed by atoms with van der Waals surface area (Å²) in [6.07, 6.45) is 1.94. The van der Waals surface area contributed by atoms with E-state index < -0.39 is 5.60 Å². The second-order valence-corrected chi connectivity index (χ2v) is 8.43. The molecule has 2 rings (SSSR count). The van der Waals surface area contributed by atoms with E-state index in [2.05, 4.69) is 63.2 Å². The summed E-state index contributed by atoms with van der Waals surface area (Å²) < 4.78 is 0. The Balaban J connectivity index is 0.000000550. The van der Waals surface area contributed by atoms with Crippen molar-refractivity contribution in [3.05, 3.63) is 48.0 Å². The lowest BCUT2D eigenvalue weighted by Crippen LogP contribution is -2.39. The van der Waals surface area contributed by atoms with Crippen LogP contribution in [0.15, 0.2) is 42.5 Å². The fraction of sp³-hybridized carbons (Fsp3) is 0.565. The van der Waals surface area contributed by atoms with Gasteiger partial charge in [0.1, 0.15) is 0 Å². The molecule has 0 spiro atoms. The van der Waals surface area contributed by atoms with E-state index in [1.54, 1.807) is 0 Å². The maximum atomic E-state index is 11.1. The van der Waals surface area contributed by atoms with Crippen molar-refractivity contribution in [3.63, 3.8) is 0 Å². The van der Waals surface area contributed by atoms with Crippen molar-refractivity contribution in [2.24, 2.45) is 11.7 Å². The maximum absolute atomic E-state index is 11.1. The average Bonchev–Trinajstić information content (AvgIpc) is 2.53. The van der Waals surface area contributed by atoms with Gasteiger partial charge in [-0.1, -0.05) is 69.7 Å². The Hall–Kier alpha value is -1.38. The molecule has 0 fully saturated rings. The van der Waals surface area contributed by atoms with Crippen molar-refractivity contribution in [2.75, 3.05) is 0 Å². The number of rotatable bonds is 5. The van der Waals surface area contributed by atoms with E-state index in [9.17, 15) is 5.11 Å². The van der Waals surface area contributed by atoms with Crippen molar-refractivity contribution in [1.82, 2.24) is 0 Å². The van der Waals surface area contributed by atoms with Gasteiger partial charge in [-0.3, -0.25) is 0 Å². The van der Waals surface area contributed by atoms with Gasteiger partial charge in [0.15, 0.2) is 0 Å². The minimum Gasteiger partial charge on any atom is -0.389 e. The lowest BCUT2D eigenvalue weighted by Gasteiger charge is -2.38. The Bertz CT molecular complexity index is 643. The third kappa shape index (κ3) is 6.13. The molecule has 0 amide bonds. The zero-order valence-electron chi connectivity index (χ0n) is 17.1. The van der Waals surface area contributed by atoms with Gasteiger partial charge in [-0.2, -0.15) is 0 Å². The second kappa shape index (κ2) is 8.82. The van der Waals surface area contributed by atoms with Gasteiger partial charge >= 0.3 is 0 Å². The third-order valence-electron chi connectivity index (χ3n) is 4.92. The monoisotopic (exact) mass is 343 g/mol. The summed E-state index contributed by atoms with van der Waals surface area (Å²) in [5, 5.41) is 13.6. The van der Waals surface area contributed by atoms with Crippen LogP contribution < -0.4 is 5.73 Å². The summed E-state index contributed by atoms with van der Waals surface area (Å²) >= 11 is 0. The van der Waals surface area contributed by atoms with Crippen molar-refractivity contribution in [2.45, 2.75) is 78.4 Å². The minimum atomic E-state index is -0.673. The summed E-state index contributed by atoms with van der Waals surface area (Å²) in [5.74, 6) is 0.454. The first-order valence-electron chi connectivity index (χ1n) is 9.51. The predicted molar refractivity (Wildman–Crippen MR) is 111 cm³/mol. The van der Waals surface area contributed by atoms with Crippen LogP contribution in [0, 0.1) is 5.92 Å². The van der Waals surface area contributed by atoms with Gasteiger partial charge in [-0.15, -0.1) is 0 Å². The van der Waals surface area contributed by atoms with Crippen molar-refractivity contribution in [1.29, 1.82) is 0 Å². The molecule has 3 unspecified atom stereocenters. The highest BCUT2D eigenvalue weighted by molar-refractivity contribution is 5.86. The van der Waals surface area contributed by atoms with E-state index in [-0.39, 0.29) is 17.4 Å². The Kier molecular flexibility index (Phi) is 7.64. The predicted octanol–water partition coefficient (Wildman–Crippen LogP) is 5.87. The van der Waals surface area contributed by atoms with E-state index in [0.717, 1.165) is 12.8 Å². The van der Waals surface area contributed by atoms with Gasteiger partial charge in [0, 0.05) is 11.5 Å². The standard InChI is InChI=1S/C19H26O.C4H11N/c1-5-14(3)19(4,20)18(6-2)17-13-9-11-15-10-7-8-12-16(15)17;1-4(2,3)5/h7-14,18,20H,5-6H2,1-4H3;5H2,1-3H3. The molecule has 0 saturated heterocycles. The van der Waals surface area contributed by atoms with Crippen LogP contribution in [0.5, 0.6) is 0 Å². The molecule has 0 radical (unpaired) electrons. The SMILES string of the molecule is CC(C)(C)N.CCC(C)C(C)(O)C(CC)c1cccc2ccccc12. The molecule has 0 heterocycles. The van der Waals surface area contributed by atoms with Crippen LogP contribution in [-0.2, 0) is 0 Å². The van der Waals surface area contributed by atoms with E-state index in [1.165, 1.54) is 16.3 Å². The molecular weight excluding hydrogens is 306 g/mol. The van der Waals surface area contributed by atoms with Crippen LogP contribution in [0.2, 0.25) is 0 Å². The van der Waals surface area contributed by atoms with E-state index >= 15 is 0 Å². The van der Waals surface area contributed by atoms with Crippen LogP contribution in [0.4, 0.5) is 0 Å². The number of aliphatic hydroxyl groups is 1. The van der Waals surface area contributed by atoms with Gasteiger partial charge in [-0.25, -0.2) is 0 Å². The molecule has 25 heavy (non-hydrogen) atoms. The van der Waals surface area contributed by atoms with Crippen LogP contribution in [0.1, 0.15) is 72.8 Å². The Morgan fingerprint density at radius 1 is 0.920 bits per heavy atom. The van der Waals surface area contributed by atoms with Crippen LogP contribution in [0.3, 0.4) is 0 Å². The topological polar surface area (TPSA) is 46.2 Å². The zero-order chi connectivity index (χ0) is 19.3. The van der Waals surface area contributed by atoms with Gasteiger partial charge in [0.25, 0.3) is 0 Å². The van der Waals surface area contributed by atoms with E-state index in [4.69, 9.17) is 5.73 Å². The molecule has 140 valence electrons. The molecular formula is C23H37NO. The highest BCUT2D eigenvalue weighted by Crippen LogP contribution is 2.40. The quantitative estimate of drug-likeness (QED) is 0.712. The molecule has 3 N–H and O–H groups in total. The molecule has 3 atom stereocenters. The average molecular weight is 344 g/mol. The fourth-order valence-corrected chi connectivity index (χ4v) is 3.26. The number of nitrogens with two attached hydrogens (primary N) is 1. The second-order valence-electron chi connectivity index (χ2n) is 8.43. The van der Waals surface area contributed by atoms with E-state index in [0.29, 0.717) is 0 Å². The highest BCUT2D eigenvalue weighted by atomic mass is 16.3. The molecule has 0 aliphatic rings. The molecule has 0 saturated carbocycles. The molecule has 0 bridgehead atoms. The highest BCUT2D eigenvalue weighted by Gasteiger charge is 2.36. The molecule has 2 nitrogen and oxygen atoms in total. The molecule has 2 aromatic carbocycles. The number of hydrogen-bond acceptors (Lipinski definition) is 2. The molecule has 2 heteroatoms. The van der Waals surface area contributed by atoms with Crippen LogP contribution in [0.25, 0.3) is 10.8 Å². The van der Waals surface area contributed by atoms with Gasteiger partial charge in [0.05, 0.1) is 5.60 Å². The third-order valence-corrected chi connectivity index (χ3v) is 4.92. The molecule has 0 aromatic heterocycles. The fourth-order valence-electron chi connectivity index (χ4n) is 3.26. The largest absolute Gasteiger partial charge is 0.389 e. The number of fused-ring (bicyclic) bond motifs is 1. The Morgan fingerprint density at radius 2 is 1.44 bits per heavy atom. The lowest BCUT2D eigenvalue weighted by atomic mass is 9.72. The van der Waals surface area contributed by atoms with Crippen LogP contribution in [-0.4, -0.2) is 16.2 Å².